The molecular weight excluding hydrogens is 479 g/mol. The molecule has 5 aromatic rings. The predicted octanol–water partition coefficient (Wildman–Crippen LogP) is 0.384. The fourth-order valence-electron chi connectivity index (χ4n) is 2.95. The van der Waals surface area contributed by atoms with Gasteiger partial charge in [0, 0.05) is 10.8 Å². The fraction of sp³-hybridized carbons (Fsp3) is 0.0385. The monoisotopic (exact) mass is 500 g/mol. The molecule has 1 heterocycles. The van der Waals surface area contributed by atoms with Gasteiger partial charge in [-0.3, -0.25) is 0 Å². The zero-order valence-corrected chi connectivity index (χ0v) is 20.4. The van der Waals surface area contributed by atoms with E-state index >= 15 is 0 Å². The average molecular weight is 501 g/mol. The number of halogens is 2. The van der Waals surface area contributed by atoms with Crippen LogP contribution in [0.1, 0.15) is 11.5 Å². The molecule has 0 amide bonds. The number of benzene rings is 4. The molecule has 164 valence electrons. The fourth-order valence-corrected chi connectivity index (χ4v) is 3.19. The van der Waals surface area contributed by atoms with Gasteiger partial charge in [-0.15, -0.1) is 0 Å². The number of furan rings is 1. The van der Waals surface area contributed by atoms with Crippen molar-refractivity contribution in [2.75, 3.05) is 0 Å². The Balaban J connectivity index is 0.000000236. The van der Waals surface area contributed by atoms with Gasteiger partial charge >= 0.3 is 59.3 Å². The van der Waals surface area contributed by atoms with Crippen LogP contribution in [0.4, 0.5) is 0 Å². The first-order valence-electron chi connectivity index (χ1n) is 9.49. The first-order chi connectivity index (χ1) is 14.6. The van der Waals surface area contributed by atoms with E-state index in [-0.39, 0.29) is 24.8 Å². The van der Waals surface area contributed by atoms with Crippen molar-refractivity contribution in [1.29, 1.82) is 0 Å². The quantitative estimate of drug-likeness (QED) is 0.327. The third-order valence-electron chi connectivity index (χ3n) is 4.44. The second-order valence-electron chi connectivity index (χ2n) is 6.59. The summed E-state index contributed by atoms with van der Waals surface area (Å²) < 4.78 is 7.11. The molecule has 32 heavy (non-hydrogen) atoms. The van der Waals surface area contributed by atoms with E-state index in [2.05, 4.69) is 0 Å². The standard InChI is InChI=1S/2C10H8O.C6H6O.2ClH.Ti/c2*11-10-7-3-5-8-4-1-2-6-9(8)10;1-5-3-4-6(2)7-5;;;/h2*1-7,11H;1,3-4H,2H3;2*1H;/p-2. The van der Waals surface area contributed by atoms with Gasteiger partial charge in [-0.1, -0.05) is 72.8 Å². The largest absolute Gasteiger partial charge is 1.00 e. The second-order valence-corrected chi connectivity index (χ2v) is 7.04. The molecule has 2 N–H and O–H groups in total. The summed E-state index contributed by atoms with van der Waals surface area (Å²) in [5.41, 5.74) is 0. The number of aryl methyl sites for hydroxylation is 1. The maximum Gasteiger partial charge on any atom is 0.123 e. The first-order valence-corrected chi connectivity index (χ1v) is 10.4. The van der Waals surface area contributed by atoms with Gasteiger partial charge in [0.1, 0.15) is 11.5 Å². The van der Waals surface area contributed by atoms with Gasteiger partial charge in [0.2, 0.25) is 0 Å². The Kier molecular flexibility index (Phi) is 11.8. The summed E-state index contributed by atoms with van der Waals surface area (Å²) in [5.74, 6) is 2.62. The topological polar surface area (TPSA) is 53.6 Å². The van der Waals surface area contributed by atoms with Crippen LogP contribution < -0.4 is 24.8 Å². The van der Waals surface area contributed by atoms with Crippen LogP contribution in [0.5, 0.6) is 11.5 Å². The van der Waals surface area contributed by atoms with Crippen LogP contribution >= 0.6 is 0 Å². The van der Waals surface area contributed by atoms with Crippen LogP contribution in [-0.2, 0) is 20.0 Å². The van der Waals surface area contributed by atoms with E-state index in [1.807, 2.05) is 116 Å². The van der Waals surface area contributed by atoms with Gasteiger partial charge in [0.05, 0.1) is 0 Å². The molecule has 0 aliphatic rings. The molecule has 0 aliphatic carbocycles. The van der Waals surface area contributed by atoms with Gasteiger partial charge in [0.25, 0.3) is 0 Å². The van der Waals surface area contributed by atoms with Crippen molar-refractivity contribution in [3.8, 4) is 11.5 Å². The van der Waals surface area contributed by atoms with E-state index in [9.17, 15) is 10.2 Å². The zero-order valence-electron chi connectivity index (χ0n) is 17.4. The second kappa shape index (κ2) is 13.8. The zero-order chi connectivity index (χ0) is 21.3. The van der Waals surface area contributed by atoms with E-state index < -0.39 is 0 Å². The van der Waals surface area contributed by atoms with Crippen molar-refractivity contribution >= 4 is 25.9 Å². The van der Waals surface area contributed by atoms with Crippen molar-refractivity contribution in [2.24, 2.45) is 0 Å². The first kappa shape index (κ1) is 27.5. The van der Waals surface area contributed by atoms with Crippen molar-refractivity contribution in [1.82, 2.24) is 0 Å². The summed E-state index contributed by atoms with van der Waals surface area (Å²) in [5, 5.41) is 22.7. The molecule has 0 saturated carbocycles. The van der Waals surface area contributed by atoms with E-state index in [1.54, 1.807) is 12.1 Å². The van der Waals surface area contributed by atoms with Crippen LogP contribution in [0, 0.1) is 6.92 Å². The van der Waals surface area contributed by atoms with E-state index in [1.165, 1.54) is 0 Å². The normalized spacial score (nSPS) is 9.25. The number of rotatable bonds is 1. The van der Waals surface area contributed by atoms with Crippen molar-refractivity contribution in [3.05, 3.63) is 109 Å². The Morgan fingerprint density at radius 3 is 1.41 bits per heavy atom. The summed E-state index contributed by atoms with van der Waals surface area (Å²) in [6.07, 6.45) is 0. The molecule has 0 unspecified atom stereocenters. The number of fused-ring (bicyclic) bond motifs is 2. The van der Waals surface area contributed by atoms with Crippen LogP contribution in [0.2, 0.25) is 0 Å². The van der Waals surface area contributed by atoms with Crippen LogP contribution in [-0.4, -0.2) is 14.5 Å². The molecule has 3 nitrogen and oxygen atoms in total. The molecule has 0 saturated heterocycles. The third-order valence-corrected chi connectivity index (χ3v) is 4.88. The predicted molar refractivity (Wildman–Crippen MR) is 120 cm³/mol. The van der Waals surface area contributed by atoms with Gasteiger partial charge in [0.15, 0.2) is 0 Å². The van der Waals surface area contributed by atoms with E-state index in [0.29, 0.717) is 11.5 Å². The molecule has 5 rings (SSSR count). The number of hydrogen-bond donors (Lipinski definition) is 2. The van der Waals surface area contributed by atoms with Crippen LogP contribution in [0.15, 0.2) is 101 Å². The Bertz CT molecular complexity index is 1180. The number of phenolic OH excluding ortho intramolecular Hbond substituents is 2. The maximum absolute atomic E-state index is 9.37. The summed E-state index contributed by atoms with van der Waals surface area (Å²) in [6.45, 7) is 1.94. The number of aromatic hydroxyl groups is 2. The van der Waals surface area contributed by atoms with Gasteiger partial charge in [-0.25, -0.2) is 0 Å². The molecular formula is C26H22Cl2O3Ti-2. The molecule has 0 aliphatic heterocycles. The average Bonchev–Trinajstić information content (AvgIpc) is 3.21. The summed E-state index contributed by atoms with van der Waals surface area (Å²) >= 11 is 1.96. The Hall–Kier alpha value is -2.56. The molecule has 4 aromatic carbocycles. The summed E-state index contributed by atoms with van der Waals surface area (Å²) in [7, 11) is 0. The number of phenols is 2. The van der Waals surface area contributed by atoms with Crippen LogP contribution in [0.25, 0.3) is 21.5 Å². The molecule has 0 bridgehead atoms. The Morgan fingerprint density at radius 1 is 0.625 bits per heavy atom. The molecule has 0 atom stereocenters. The Morgan fingerprint density at radius 2 is 1.06 bits per heavy atom. The van der Waals surface area contributed by atoms with Gasteiger partial charge < -0.3 is 35.0 Å². The van der Waals surface area contributed by atoms with Crippen molar-refractivity contribution in [2.45, 2.75) is 6.92 Å². The third kappa shape index (κ3) is 7.54. The molecule has 0 radical (unpaired) electrons. The summed E-state index contributed by atoms with van der Waals surface area (Å²) in [4.78, 5) is 0. The Labute approximate surface area is 211 Å². The minimum absolute atomic E-state index is 0. The molecule has 6 heteroatoms. The van der Waals surface area contributed by atoms with Crippen LogP contribution in [0.3, 0.4) is 0 Å². The van der Waals surface area contributed by atoms with Crippen molar-refractivity contribution in [3.63, 3.8) is 0 Å². The minimum Gasteiger partial charge on any atom is -1.00 e. The summed E-state index contributed by atoms with van der Waals surface area (Å²) in [6, 6.07) is 30.5. The number of hydrogen-bond acceptors (Lipinski definition) is 3. The smallest absolute Gasteiger partial charge is 0.123 e. The molecule has 0 fully saturated rings. The minimum atomic E-state index is 0. The van der Waals surface area contributed by atoms with E-state index in [0.717, 1.165) is 33.1 Å². The maximum atomic E-state index is 9.37. The SMILES string of the molecule is Cc1ccc([CH]=[Ti])o1.Oc1cccc2ccccc12.Oc1cccc2ccccc12.[Cl-].[Cl-]. The van der Waals surface area contributed by atoms with Crippen molar-refractivity contribution < 1.29 is 59.4 Å². The van der Waals surface area contributed by atoms with E-state index in [4.69, 9.17) is 4.42 Å². The van der Waals surface area contributed by atoms with Gasteiger partial charge in [-0.05, 0) is 22.9 Å². The molecule has 1 aromatic heterocycles. The van der Waals surface area contributed by atoms with Gasteiger partial charge in [-0.2, -0.15) is 0 Å². The molecule has 0 spiro atoms.